The molecule has 0 spiro atoms. The smallest absolute Gasteiger partial charge is 0.251 e. The molecule has 0 unspecified atom stereocenters. The van der Waals surface area contributed by atoms with E-state index in [1.807, 2.05) is 24.3 Å². The number of carbonyl (C=O) groups is 1. The third-order valence-electron chi connectivity index (χ3n) is 4.22. The normalized spacial score (nSPS) is 14.4. The topological polar surface area (TPSA) is 67.4 Å². The summed E-state index contributed by atoms with van der Waals surface area (Å²) in [6.45, 7) is 7.78. The number of amides is 1. The Kier molecular flexibility index (Phi) is 7.53. The first-order valence-corrected chi connectivity index (χ1v) is 10.7. The van der Waals surface area contributed by atoms with Gasteiger partial charge in [0.1, 0.15) is 11.0 Å². The van der Waals surface area contributed by atoms with Gasteiger partial charge in [0, 0.05) is 37.0 Å². The second-order valence-corrected chi connectivity index (χ2v) is 8.35. The van der Waals surface area contributed by atoms with Crippen molar-refractivity contribution in [2.75, 3.05) is 37.7 Å². The van der Waals surface area contributed by atoms with Crippen LogP contribution in [0.1, 0.15) is 29.8 Å². The van der Waals surface area contributed by atoms with Gasteiger partial charge in [0.15, 0.2) is 5.16 Å². The van der Waals surface area contributed by atoms with E-state index in [-0.39, 0.29) is 5.91 Å². The molecule has 1 amide bonds. The maximum absolute atomic E-state index is 12.3. The zero-order chi connectivity index (χ0) is 19.9. The van der Waals surface area contributed by atoms with E-state index >= 15 is 0 Å². The number of benzene rings is 1. The van der Waals surface area contributed by atoms with Crippen LogP contribution in [-0.2, 0) is 10.5 Å². The lowest BCUT2D eigenvalue weighted by Gasteiger charge is -2.27. The number of morpholine rings is 1. The molecule has 1 fully saturated rings. The predicted molar refractivity (Wildman–Crippen MR) is 113 cm³/mol. The number of carbonyl (C=O) groups excluding carboxylic acids is 1. The van der Waals surface area contributed by atoms with E-state index in [2.05, 4.69) is 34.0 Å². The van der Waals surface area contributed by atoms with Crippen LogP contribution in [0.4, 0.5) is 5.82 Å². The van der Waals surface area contributed by atoms with Gasteiger partial charge in [-0.2, -0.15) is 0 Å². The van der Waals surface area contributed by atoms with Gasteiger partial charge in [-0.3, -0.25) is 4.79 Å². The van der Waals surface area contributed by atoms with Crippen molar-refractivity contribution in [2.45, 2.75) is 24.8 Å². The number of thioether (sulfide) groups is 1. The van der Waals surface area contributed by atoms with Crippen LogP contribution in [0.5, 0.6) is 0 Å². The quantitative estimate of drug-likeness (QED) is 0.419. The van der Waals surface area contributed by atoms with Crippen molar-refractivity contribution in [3.63, 3.8) is 0 Å². The third kappa shape index (κ3) is 6.09. The number of nitrogens with zero attached hydrogens (tertiary/aromatic N) is 3. The van der Waals surface area contributed by atoms with Crippen LogP contribution in [0.3, 0.4) is 0 Å². The van der Waals surface area contributed by atoms with Gasteiger partial charge < -0.3 is 15.0 Å². The van der Waals surface area contributed by atoms with Crippen molar-refractivity contribution < 1.29 is 9.53 Å². The molecule has 1 saturated heterocycles. The molecule has 28 heavy (non-hydrogen) atoms. The molecule has 1 aliphatic heterocycles. The average molecular weight is 421 g/mol. The highest BCUT2D eigenvalue weighted by Crippen LogP contribution is 2.25. The lowest BCUT2D eigenvalue weighted by atomic mass is 10.1. The molecule has 8 heteroatoms. The molecule has 6 nitrogen and oxygen atoms in total. The van der Waals surface area contributed by atoms with Gasteiger partial charge in [-0.25, -0.2) is 9.97 Å². The molecule has 2 aromatic rings. The zero-order valence-corrected chi connectivity index (χ0v) is 17.7. The van der Waals surface area contributed by atoms with Crippen molar-refractivity contribution in [3.05, 3.63) is 46.6 Å². The van der Waals surface area contributed by atoms with Crippen LogP contribution in [0.15, 0.2) is 35.5 Å². The van der Waals surface area contributed by atoms with Gasteiger partial charge >= 0.3 is 0 Å². The Hall–Kier alpha value is -1.83. The predicted octanol–water partition coefficient (Wildman–Crippen LogP) is 3.64. The summed E-state index contributed by atoms with van der Waals surface area (Å²) >= 11 is 7.71. The Bertz CT molecular complexity index is 813. The van der Waals surface area contributed by atoms with E-state index in [4.69, 9.17) is 16.3 Å². The first kappa shape index (κ1) is 20.9. The van der Waals surface area contributed by atoms with Gasteiger partial charge in [0.05, 0.1) is 13.2 Å². The summed E-state index contributed by atoms with van der Waals surface area (Å²) in [7, 11) is 0. The monoisotopic (exact) mass is 420 g/mol. The SMILES string of the molecule is CC(C)CNC(=O)c1cccc(CSc2nc(Cl)cc(N3CCOCC3)n2)c1. The summed E-state index contributed by atoms with van der Waals surface area (Å²) in [5.41, 5.74) is 1.71. The van der Waals surface area contributed by atoms with Crippen LogP contribution in [0.25, 0.3) is 0 Å². The molecule has 150 valence electrons. The summed E-state index contributed by atoms with van der Waals surface area (Å²) in [6.07, 6.45) is 0. The van der Waals surface area contributed by atoms with Gasteiger partial charge in [-0.05, 0) is 23.6 Å². The Balaban J connectivity index is 1.64. The average Bonchev–Trinajstić information content (AvgIpc) is 2.71. The number of ether oxygens (including phenoxy) is 1. The van der Waals surface area contributed by atoms with Gasteiger partial charge in [0.2, 0.25) is 0 Å². The Labute approximate surface area is 175 Å². The molecule has 1 N–H and O–H groups in total. The van der Waals surface area contributed by atoms with E-state index in [0.717, 1.165) is 24.5 Å². The summed E-state index contributed by atoms with van der Waals surface area (Å²) in [5.74, 6) is 1.86. The standard InChI is InChI=1S/C20H25ClN4O2S/c1-14(2)12-22-19(26)16-5-3-4-15(10-16)13-28-20-23-17(21)11-18(24-20)25-6-8-27-9-7-25/h3-5,10-11,14H,6-9,12-13H2,1-2H3,(H,22,26). The number of aromatic nitrogens is 2. The number of halogens is 1. The number of hydrogen-bond donors (Lipinski definition) is 1. The van der Waals surface area contributed by atoms with Gasteiger partial charge in [-0.1, -0.05) is 49.3 Å². The van der Waals surface area contributed by atoms with E-state index in [0.29, 0.717) is 47.3 Å². The number of hydrogen-bond acceptors (Lipinski definition) is 6. The molecule has 0 atom stereocenters. The molecular weight excluding hydrogens is 396 g/mol. The van der Waals surface area contributed by atoms with Crippen LogP contribution in [0.2, 0.25) is 5.15 Å². The van der Waals surface area contributed by atoms with Gasteiger partial charge in [-0.15, -0.1) is 0 Å². The highest BCUT2D eigenvalue weighted by atomic mass is 35.5. The van der Waals surface area contributed by atoms with Crippen molar-refractivity contribution in [2.24, 2.45) is 5.92 Å². The molecule has 0 saturated carbocycles. The molecule has 0 aliphatic carbocycles. The molecular formula is C20H25ClN4O2S. The lowest BCUT2D eigenvalue weighted by Crippen LogP contribution is -2.36. The lowest BCUT2D eigenvalue weighted by molar-refractivity contribution is 0.0949. The highest BCUT2D eigenvalue weighted by molar-refractivity contribution is 7.98. The maximum atomic E-state index is 12.3. The fourth-order valence-electron chi connectivity index (χ4n) is 2.75. The van der Waals surface area contributed by atoms with Crippen molar-refractivity contribution in [1.29, 1.82) is 0 Å². The molecule has 1 aromatic heterocycles. The minimum absolute atomic E-state index is 0.0471. The largest absolute Gasteiger partial charge is 0.378 e. The molecule has 3 rings (SSSR count). The highest BCUT2D eigenvalue weighted by Gasteiger charge is 2.15. The Morgan fingerprint density at radius 2 is 2.07 bits per heavy atom. The molecule has 2 heterocycles. The summed E-state index contributed by atoms with van der Waals surface area (Å²) in [5, 5.41) is 4.01. The number of rotatable bonds is 7. The molecule has 0 radical (unpaired) electrons. The van der Waals surface area contributed by atoms with E-state index in [1.54, 1.807) is 6.07 Å². The first-order chi connectivity index (χ1) is 13.5. The fraction of sp³-hybridized carbons (Fsp3) is 0.450. The van der Waals surface area contributed by atoms with Crippen LogP contribution in [-0.4, -0.2) is 48.7 Å². The zero-order valence-electron chi connectivity index (χ0n) is 16.2. The second-order valence-electron chi connectivity index (χ2n) is 7.02. The molecule has 0 bridgehead atoms. The van der Waals surface area contributed by atoms with Crippen molar-refractivity contribution in [3.8, 4) is 0 Å². The number of anilines is 1. The summed E-state index contributed by atoms with van der Waals surface area (Å²) < 4.78 is 5.39. The van der Waals surface area contributed by atoms with Crippen LogP contribution >= 0.6 is 23.4 Å². The Morgan fingerprint density at radius 1 is 1.29 bits per heavy atom. The first-order valence-electron chi connectivity index (χ1n) is 9.38. The summed E-state index contributed by atoms with van der Waals surface area (Å²) in [4.78, 5) is 23.4. The fourth-order valence-corrected chi connectivity index (χ4v) is 3.78. The minimum Gasteiger partial charge on any atom is -0.378 e. The number of nitrogens with one attached hydrogen (secondary N) is 1. The van der Waals surface area contributed by atoms with Crippen LogP contribution in [0, 0.1) is 5.92 Å². The second kappa shape index (κ2) is 10.1. The molecule has 1 aliphatic rings. The maximum Gasteiger partial charge on any atom is 0.251 e. The van der Waals surface area contributed by atoms with Gasteiger partial charge in [0.25, 0.3) is 5.91 Å². The van der Waals surface area contributed by atoms with E-state index in [9.17, 15) is 4.79 Å². The summed E-state index contributed by atoms with van der Waals surface area (Å²) in [6, 6.07) is 9.43. The van der Waals surface area contributed by atoms with E-state index in [1.165, 1.54) is 11.8 Å². The van der Waals surface area contributed by atoms with E-state index < -0.39 is 0 Å². The van der Waals surface area contributed by atoms with Crippen LogP contribution < -0.4 is 10.2 Å². The van der Waals surface area contributed by atoms with Crippen molar-refractivity contribution in [1.82, 2.24) is 15.3 Å². The Morgan fingerprint density at radius 3 is 2.82 bits per heavy atom. The molecule has 1 aromatic carbocycles. The third-order valence-corrected chi connectivity index (χ3v) is 5.34. The van der Waals surface area contributed by atoms with Crippen molar-refractivity contribution >= 4 is 35.1 Å². The minimum atomic E-state index is -0.0471.